The summed E-state index contributed by atoms with van der Waals surface area (Å²) in [5.74, 6) is 0.787. The van der Waals surface area contributed by atoms with Gasteiger partial charge < -0.3 is 14.5 Å². The molecule has 0 aromatic heterocycles. The predicted molar refractivity (Wildman–Crippen MR) is 105 cm³/mol. The predicted octanol–water partition coefficient (Wildman–Crippen LogP) is 1.51. The number of carbonyl (C=O) groups is 1. The number of amidine groups is 1. The van der Waals surface area contributed by atoms with Gasteiger partial charge in [-0.05, 0) is 18.2 Å². The maximum atomic E-state index is 12.1. The van der Waals surface area contributed by atoms with Gasteiger partial charge in [-0.2, -0.15) is 0 Å². The molecule has 0 N–H and O–H groups in total. The molecule has 1 amide bonds. The summed E-state index contributed by atoms with van der Waals surface area (Å²) < 4.78 is 29.6. The van der Waals surface area contributed by atoms with Crippen molar-refractivity contribution in [3.63, 3.8) is 0 Å². The molecule has 3 rings (SSSR count). The highest BCUT2D eigenvalue weighted by Gasteiger charge is 2.47. The Labute approximate surface area is 162 Å². The minimum Gasteiger partial charge on any atom is -0.495 e. The third-order valence-corrected chi connectivity index (χ3v) is 7.22. The molecule has 2 atom stereocenters. The van der Waals surface area contributed by atoms with E-state index in [1.54, 1.807) is 39.4 Å². The van der Waals surface area contributed by atoms with Crippen molar-refractivity contribution < 1.29 is 17.9 Å². The maximum Gasteiger partial charge on any atom is 0.232 e. The van der Waals surface area contributed by atoms with E-state index in [2.05, 4.69) is 4.99 Å². The molecule has 0 radical (unpaired) electrons. The molecule has 2 heterocycles. The van der Waals surface area contributed by atoms with Gasteiger partial charge in [0.05, 0.1) is 42.1 Å². The molecule has 0 bridgehead atoms. The molecule has 0 unspecified atom stereocenters. The summed E-state index contributed by atoms with van der Waals surface area (Å²) >= 11 is 7.46. The van der Waals surface area contributed by atoms with E-state index in [0.717, 1.165) is 0 Å². The lowest BCUT2D eigenvalue weighted by molar-refractivity contribution is -0.125. The largest absolute Gasteiger partial charge is 0.495 e. The number of rotatable bonds is 4. The van der Waals surface area contributed by atoms with Gasteiger partial charge in [0.15, 0.2) is 15.0 Å². The highest BCUT2D eigenvalue weighted by atomic mass is 35.5. The van der Waals surface area contributed by atoms with Crippen LogP contribution >= 0.6 is 23.4 Å². The Kier molecular flexibility index (Phi) is 5.41. The Bertz CT molecular complexity index is 857. The molecule has 0 spiro atoms. The van der Waals surface area contributed by atoms with Crippen LogP contribution in [0.4, 0.5) is 5.69 Å². The van der Waals surface area contributed by atoms with Crippen molar-refractivity contribution in [2.45, 2.75) is 12.1 Å². The van der Waals surface area contributed by atoms with Gasteiger partial charge in [-0.15, -0.1) is 0 Å². The minimum absolute atomic E-state index is 0.0164. The number of benzene rings is 1. The fraction of sp³-hybridized carbons (Fsp3) is 0.500. The second-order valence-corrected chi connectivity index (χ2v) is 9.92. The molecular formula is C16H20ClN3O4S2. The lowest BCUT2D eigenvalue weighted by Gasteiger charge is -2.28. The maximum absolute atomic E-state index is 12.1. The van der Waals surface area contributed by atoms with Gasteiger partial charge in [0.2, 0.25) is 5.91 Å². The molecule has 1 aromatic rings. The fourth-order valence-electron chi connectivity index (χ4n) is 3.02. The molecule has 2 aliphatic rings. The van der Waals surface area contributed by atoms with Crippen molar-refractivity contribution in [1.82, 2.24) is 4.90 Å². The Morgan fingerprint density at radius 1 is 1.42 bits per heavy atom. The Morgan fingerprint density at radius 3 is 2.81 bits per heavy atom. The highest BCUT2D eigenvalue weighted by Crippen LogP contribution is 2.40. The van der Waals surface area contributed by atoms with Crippen molar-refractivity contribution in [2.24, 2.45) is 4.99 Å². The van der Waals surface area contributed by atoms with E-state index in [9.17, 15) is 13.2 Å². The van der Waals surface area contributed by atoms with Crippen LogP contribution in [-0.2, 0) is 14.6 Å². The van der Waals surface area contributed by atoms with Crippen molar-refractivity contribution in [2.75, 3.05) is 43.4 Å². The number of thioether (sulfide) groups is 1. The number of sulfone groups is 1. The average molecular weight is 418 g/mol. The molecule has 26 heavy (non-hydrogen) atoms. The van der Waals surface area contributed by atoms with Gasteiger partial charge in [0.25, 0.3) is 0 Å². The van der Waals surface area contributed by atoms with Crippen molar-refractivity contribution in [3.8, 4) is 5.75 Å². The van der Waals surface area contributed by atoms with Crippen molar-refractivity contribution in [1.29, 1.82) is 0 Å². The number of anilines is 1. The number of ether oxygens (including phenoxy) is 1. The zero-order chi connectivity index (χ0) is 19.1. The van der Waals surface area contributed by atoms with Crippen LogP contribution in [0, 0.1) is 0 Å². The third-order valence-electron chi connectivity index (χ3n) is 4.33. The highest BCUT2D eigenvalue weighted by molar-refractivity contribution is 8.14. The Hall–Kier alpha value is -1.45. The number of nitrogens with zero attached hydrogens (tertiary/aromatic N) is 3. The second-order valence-electron chi connectivity index (χ2n) is 6.39. The first kappa shape index (κ1) is 19.3. The van der Waals surface area contributed by atoms with Crippen LogP contribution in [0.1, 0.15) is 0 Å². The van der Waals surface area contributed by atoms with Gasteiger partial charge >= 0.3 is 0 Å². The van der Waals surface area contributed by atoms with Gasteiger partial charge in [-0.3, -0.25) is 9.79 Å². The summed E-state index contributed by atoms with van der Waals surface area (Å²) in [7, 11) is 1.78. The first-order valence-electron chi connectivity index (χ1n) is 7.96. The number of fused-ring (bicyclic) bond motifs is 1. The van der Waals surface area contributed by atoms with E-state index in [0.29, 0.717) is 21.6 Å². The van der Waals surface area contributed by atoms with E-state index in [1.807, 2.05) is 4.90 Å². The molecule has 142 valence electrons. The zero-order valence-corrected chi connectivity index (χ0v) is 17.1. The van der Waals surface area contributed by atoms with E-state index >= 15 is 0 Å². The Balaban J connectivity index is 1.97. The summed E-state index contributed by atoms with van der Waals surface area (Å²) in [6.45, 7) is 0. The van der Waals surface area contributed by atoms with Crippen LogP contribution in [0.25, 0.3) is 0 Å². The number of methoxy groups -OCH3 is 1. The summed E-state index contributed by atoms with van der Waals surface area (Å²) in [6.07, 6.45) is 0. The average Bonchev–Trinajstić information content (AvgIpc) is 3.03. The van der Waals surface area contributed by atoms with E-state index in [4.69, 9.17) is 16.3 Å². The summed E-state index contributed by atoms with van der Waals surface area (Å²) in [5.41, 5.74) is 0.660. The molecule has 7 nitrogen and oxygen atoms in total. The SMILES string of the molecule is COc1ccc(Cl)cc1N1C(SCC(=O)N(C)C)=N[C@H]2CS(=O)(=O)C[C@H]21. The van der Waals surface area contributed by atoms with Crippen molar-refractivity contribution in [3.05, 3.63) is 23.2 Å². The van der Waals surface area contributed by atoms with E-state index in [1.165, 1.54) is 16.7 Å². The van der Waals surface area contributed by atoms with Gasteiger partial charge in [-0.25, -0.2) is 8.42 Å². The molecule has 0 aliphatic carbocycles. The molecule has 1 fully saturated rings. The van der Waals surface area contributed by atoms with Crippen LogP contribution in [-0.4, -0.2) is 74.9 Å². The summed E-state index contributed by atoms with van der Waals surface area (Å²) in [6, 6.07) is 4.52. The van der Waals surface area contributed by atoms with Gasteiger partial charge in [0.1, 0.15) is 5.75 Å². The quantitative estimate of drug-likeness (QED) is 0.738. The Morgan fingerprint density at radius 2 is 2.15 bits per heavy atom. The normalized spacial score (nSPS) is 23.5. The lowest BCUT2D eigenvalue weighted by atomic mass is 10.1. The van der Waals surface area contributed by atoms with E-state index < -0.39 is 9.84 Å². The third kappa shape index (κ3) is 3.79. The molecular weight excluding hydrogens is 398 g/mol. The van der Waals surface area contributed by atoms with Crippen LogP contribution in [0.15, 0.2) is 23.2 Å². The second kappa shape index (κ2) is 7.28. The number of aliphatic imine (C=N–C) groups is 1. The smallest absolute Gasteiger partial charge is 0.232 e. The first-order chi connectivity index (χ1) is 12.2. The van der Waals surface area contributed by atoms with E-state index in [-0.39, 0.29) is 35.2 Å². The van der Waals surface area contributed by atoms with Gasteiger partial charge in [0, 0.05) is 19.1 Å². The topological polar surface area (TPSA) is 79.3 Å². The minimum atomic E-state index is -3.15. The van der Waals surface area contributed by atoms with Crippen molar-refractivity contribution >= 4 is 50.0 Å². The van der Waals surface area contributed by atoms with Crippen LogP contribution in [0.3, 0.4) is 0 Å². The number of halogens is 1. The molecule has 1 saturated heterocycles. The molecule has 0 saturated carbocycles. The summed E-state index contributed by atoms with van der Waals surface area (Å²) in [4.78, 5) is 19.9. The standard InChI is InChI=1S/C16H20ClN3O4S2/c1-19(2)15(21)7-25-16-18-11-8-26(22,23)9-13(11)20(16)12-6-10(17)4-5-14(12)24-3/h4-6,11,13H,7-9H2,1-3H3/t11-,13+/m0/s1. The molecule has 1 aromatic carbocycles. The lowest BCUT2D eigenvalue weighted by Crippen LogP contribution is -2.39. The molecule has 2 aliphatic heterocycles. The number of hydrogen-bond donors (Lipinski definition) is 0. The van der Waals surface area contributed by atoms with Crippen LogP contribution < -0.4 is 9.64 Å². The van der Waals surface area contributed by atoms with Crippen LogP contribution in [0.5, 0.6) is 5.75 Å². The zero-order valence-electron chi connectivity index (χ0n) is 14.7. The monoisotopic (exact) mass is 417 g/mol. The van der Waals surface area contributed by atoms with Crippen LogP contribution in [0.2, 0.25) is 5.02 Å². The molecule has 10 heteroatoms. The fourth-order valence-corrected chi connectivity index (χ4v) is 6.13. The number of carbonyl (C=O) groups excluding carboxylic acids is 1. The van der Waals surface area contributed by atoms with Gasteiger partial charge in [-0.1, -0.05) is 23.4 Å². The number of amides is 1. The number of hydrogen-bond acceptors (Lipinski definition) is 7. The first-order valence-corrected chi connectivity index (χ1v) is 11.1. The summed E-state index contributed by atoms with van der Waals surface area (Å²) in [5, 5.41) is 1.13.